The van der Waals surface area contributed by atoms with E-state index in [1.165, 1.54) is 4.90 Å². The molecule has 1 aliphatic rings. The molecule has 0 bridgehead atoms. The second-order valence-corrected chi connectivity index (χ2v) is 6.37. The molecular formula is C15H22N2O2S. The molecular weight excluding hydrogens is 272 g/mol. The molecule has 20 heavy (non-hydrogen) atoms. The number of aliphatic hydroxyl groups is 1. The molecule has 2 rings (SSSR count). The Morgan fingerprint density at radius 1 is 1.20 bits per heavy atom. The maximum atomic E-state index is 11.6. The Kier molecular flexibility index (Phi) is 5.73. The summed E-state index contributed by atoms with van der Waals surface area (Å²) < 4.78 is 0. The quantitative estimate of drug-likeness (QED) is 0.557. The van der Waals surface area contributed by atoms with Crippen LogP contribution in [-0.4, -0.2) is 35.6 Å². The van der Waals surface area contributed by atoms with Crippen LogP contribution in [0.3, 0.4) is 0 Å². The summed E-state index contributed by atoms with van der Waals surface area (Å²) in [6, 6.07) is 9.92. The summed E-state index contributed by atoms with van der Waals surface area (Å²) in [5.41, 5.74) is -0.684. The maximum Gasteiger partial charge on any atom is 0.314 e. The number of rotatable bonds is 6. The molecule has 1 aromatic carbocycles. The Balaban J connectivity index is 1.56. The van der Waals surface area contributed by atoms with Gasteiger partial charge in [-0.2, -0.15) is 0 Å². The number of hydrogen-bond acceptors (Lipinski definition) is 3. The Morgan fingerprint density at radius 3 is 2.60 bits per heavy atom. The normalized spacial score (nSPS) is 16.9. The van der Waals surface area contributed by atoms with Gasteiger partial charge in [0, 0.05) is 23.7 Å². The van der Waals surface area contributed by atoms with Crippen LogP contribution in [0.4, 0.5) is 4.79 Å². The minimum absolute atomic E-state index is 0.195. The van der Waals surface area contributed by atoms with E-state index in [1.807, 2.05) is 18.2 Å². The first kappa shape index (κ1) is 15.2. The Hall–Kier alpha value is -1.20. The van der Waals surface area contributed by atoms with Crippen molar-refractivity contribution in [3.63, 3.8) is 0 Å². The molecule has 3 N–H and O–H groups in total. The van der Waals surface area contributed by atoms with Crippen molar-refractivity contribution in [1.82, 2.24) is 10.6 Å². The molecule has 0 aliphatic heterocycles. The zero-order chi connectivity index (χ0) is 14.3. The number of urea groups is 1. The molecule has 1 aliphatic carbocycles. The van der Waals surface area contributed by atoms with Gasteiger partial charge in [-0.05, 0) is 25.0 Å². The summed E-state index contributed by atoms with van der Waals surface area (Å²) in [6.45, 7) is 0.967. The van der Waals surface area contributed by atoms with Gasteiger partial charge >= 0.3 is 6.03 Å². The molecule has 110 valence electrons. The number of carbonyl (C=O) groups is 1. The lowest BCUT2D eigenvalue weighted by atomic mass is 10.0. The number of benzene rings is 1. The largest absolute Gasteiger partial charge is 0.388 e. The standard InChI is InChI=1S/C15H22N2O2S/c18-14(17-12-15(19)8-4-5-9-15)16-10-11-20-13-6-2-1-3-7-13/h1-3,6-7,19H,4-5,8-12H2,(H2,16,17,18). The van der Waals surface area contributed by atoms with Crippen LogP contribution in [-0.2, 0) is 0 Å². The number of amides is 2. The molecule has 0 atom stereocenters. The third-order valence-electron chi connectivity index (χ3n) is 3.51. The summed E-state index contributed by atoms with van der Waals surface area (Å²) in [5.74, 6) is 0.835. The van der Waals surface area contributed by atoms with Crippen molar-refractivity contribution in [2.24, 2.45) is 0 Å². The SMILES string of the molecule is O=C(NCCSc1ccccc1)NCC1(O)CCCC1. The Bertz CT molecular complexity index is 419. The molecule has 2 amide bonds. The predicted octanol–water partition coefficient (Wildman–Crippen LogP) is 2.38. The lowest BCUT2D eigenvalue weighted by molar-refractivity contribution is 0.0501. The van der Waals surface area contributed by atoms with Crippen molar-refractivity contribution in [1.29, 1.82) is 0 Å². The van der Waals surface area contributed by atoms with E-state index in [9.17, 15) is 9.90 Å². The fourth-order valence-corrected chi connectivity index (χ4v) is 3.16. The summed E-state index contributed by atoms with van der Waals surface area (Å²) in [6.07, 6.45) is 3.68. The Morgan fingerprint density at radius 2 is 1.90 bits per heavy atom. The first-order valence-electron chi connectivity index (χ1n) is 7.10. The van der Waals surface area contributed by atoms with Gasteiger partial charge in [-0.1, -0.05) is 31.0 Å². The molecule has 0 unspecified atom stereocenters. The molecule has 0 spiro atoms. The fourth-order valence-electron chi connectivity index (χ4n) is 2.37. The van der Waals surface area contributed by atoms with Crippen LogP contribution < -0.4 is 10.6 Å². The highest BCUT2D eigenvalue weighted by Gasteiger charge is 2.31. The summed E-state index contributed by atoms with van der Waals surface area (Å²) in [4.78, 5) is 12.8. The first-order valence-corrected chi connectivity index (χ1v) is 8.08. The molecule has 1 saturated carbocycles. The number of carbonyl (C=O) groups excluding carboxylic acids is 1. The minimum Gasteiger partial charge on any atom is -0.388 e. The van der Waals surface area contributed by atoms with Crippen LogP contribution >= 0.6 is 11.8 Å². The third kappa shape index (κ3) is 5.06. The molecule has 0 saturated heterocycles. The molecule has 4 nitrogen and oxygen atoms in total. The minimum atomic E-state index is -0.684. The van der Waals surface area contributed by atoms with E-state index < -0.39 is 5.60 Å². The zero-order valence-electron chi connectivity index (χ0n) is 11.6. The lowest BCUT2D eigenvalue weighted by Gasteiger charge is -2.22. The zero-order valence-corrected chi connectivity index (χ0v) is 12.4. The molecule has 0 heterocycles. The monoisotopic (exact) mass is 294 g/mol. The van der Waals surface area contributed by atoms with Gasteiger partial charge in [-0.15, -0.1) is 11.8 Å². The van der Waals surface area contributed by atoms with Gasteiger partial charge in [0.15, 0.2) is 0 Å². The van der Waals surface area contributed by atoms with Crippen LogP contribution in [0, 0.1) is 0 Å². The average Bonchev–Trinajstić information content (AvgIpc) is 2.90. The highest BCUT2D eigenvalue weighted by atomic mass is 32.2. The van der Waals surface area contributed by atoms with Crippen molar-refractivity contribution in [2.75, 3.05) is 18.8 Å². The highest BCUT2D eigenvalue weighted by molar-refractivity contribution is 7.99. The highest BCUT2D eigenvalue weighted by Crippen LogP contribution is 2.28. The summed E-state index contributed by atoms with van der Waals surface area (Å²) in [5, 5.41) is 15.7. The summed E-state index contributed by atoms with van der Waals surface area (Å²) >= 11 is 1.71. The third-order valence-corrected chi connectivity index (χ3v) is 4.53. The van der Waals surface area contributed by atoms with E-state index in [4.69, 9.17) is 0 Å². The number of nitrogens with one attached hydrogen (secondary N) is 2. The van der Waals surface area contributed by atoms with Gasteiger partial charge in [-0.25, -0.2) is 4.79 Å². The van der Waals surface area contributed by atoms with Crippen LogP contribution in [0.15, 0.2) is 35.2 Å². The van der Waals surface area contributed by atoms with E-state index in [0.717, 1.165) is 31.4 Å². The van der Waals surface area contributed by atoms with E-state index in [-0.39, 0.29) is 6.03 Å². The number of thioether (sulfide) groups is 1. The van der Waals surface area contributed by atoms with Crippen molar-refractivity contribution in [2.45, 2.75) is 36.2 Å². The van der Waals surface area contributed by atoms with Crippen LogP contribution in [0.2, 0.25) is 0 Å². The predicted molar refractivity (Wildman–Crippen MR) is 82.0 cm³/mol. The fraction of sp³-hybridized carbons (Fsp3) is 0.533. The molecule has 1 aromatic rings. The first-order chi connectivity index (χ1) is 9.68. The van der Waals surface area contributed by atoms with Gasteiger partial charge in [0.2, 0.25) is 0 Å². The topological polar surface area (TPSA) is 61.4 Å². The van der Waals surface area contributed by atoms with Crippen LogP contribution in [0.5, 0.6) is 0 Å². The lowest BCUT2D eigenvalue weighted by Crippen LogP contribution is -2.45. The summed E-state index contributed by atoms with van der Waals surface area (Å²) in [7, 11) is 0. The van der Waals surface area contributed by atoms with E-state index in [0.29, 0.717) is 13.1 Å². The average molecular weight is 294 g/mol. The van der Waals surface area contributed by atoms with Gasteiger partial charge in [0.1, 0.15) is 0 Å². The van der Waals surface area contributed by atoms with Gasteiger partial charge in [0.05, 0.1) is 5.60 Å². The molecule has 5 heteroatoms. The second kappa shape index (κ2) is 7.55. The van der Waals surface area contributed by atoms with E-state index >= 15 is 0 Å². The smallest absolute Gasteiger partial charge is 0.314 e. The van der Waals surface area contributed by atoms with Crippen LogP contribution in [0.1, 0.15) is 25.7 Å². The molecule has 1 fully saturated rings. The van der Waals surface area contributed by atoms with Crippen molar-refractivity contribution in [3.05, 3.63) is 30.3 Å². The Labute approximate surface area is 124 Å². The van der Waals surface area contributed by atoms with E-state index in [2.05, 4.69) is 22.8 Å². The number of hydrogen-bond donors (Lipinski definition) is 3. The van der Waals surface area contributed by atoms with E-state index in [1.54, 1.807) is 11.8 Å². The second-order valence-electron chi connectivity index (χ2n) is 5.20. The molecule has 0 aromatic heterocycles. The van der Waals surface area contributed by atoms with Gasteiger partial charge in [0.25, 0.3) is 0 Å². The van der Waals surface area contributed by atoms with Crippen molar-refractivity contribution in [3.8, 4) is 0 Å². The van der Waals surface area contributed by atoms with Gasteiger partial charge in [-0.3, -0.25) is 0 Å². The van der Waals surface area contributed by atoms with Crippen molar-refractivity contribution >= 4 is 17.8 Å². The van der Waals surface area contributed by atoms with Crippen molar-refractivity contribution < 1.29 is 9.90 Å². The maximum absolute atomic E-state index is 11.6. The van der Waals surface area contributed by atoms with Crippen LogP contribution in [0.25, 0.3) is 0 Å². The molecule has 0 radical (unpaired) electrons. The van der Waals surface area contributed by atoms with Gasteiger partial charge < -0.3 is 15.7 Å².